The number of anilines is 1. The van der Waals surface area contributed by atoms with Gasteiger partial charge in [-0.3, -0.25) is 9.89 Å². The van der Waals surface area contributed by atoms with E-state index in [9.17, 15) is 4.79 Å². The number of nitrogens with zero attached hydrogens (tertiary/aromatic N) is 2. The van der Waals surface area contributed by atoms with E-state index in [2.05, 4.69) is 52.0 Å². The number of nitrogens with one attached hydrogen (secondary N) is 2. The largest absolute Gasteiger partial charge is 0.326 e. The average molecular weight is 397 g/mol. The van der Waals surface area contributed by atoms with Gasteiger partial charge in [0.2, 0.25) is 5.91 Å². The van der Waals surface area contributed by atoms with Crippen LogP contribution in [0.2, 0.25) is 0 Å². The molecule has 0 aliphatic heterocycles. The predicted molar refractivity (Wildman–Crippen MR) is 122 cm³/mol. The van der Waals surface area contributed by atoms with Gasteiger partial charge in [-0.25, -0.2) is 0 Å². The molecule has 0 radical (unpaired) electrons. The summed E-state index contributed by atoms with van der Waals surface area (Å²) in [6.45, 7) is 2.24. The number of H-pyrrole nitrogens is 1. The monoisotopic (exact) mass is 396 g/mol. The van der Waals surface area contributed by atoms with E-state index in [0.717, 1.165) is 42.4 Å². The minimum absolute atomic E-state index is 0.0681. The highest BCUT2D eigenvalue weighted by Gasteiger charge is 2.04. The number of amides is 1. The molecule has 0 spiro atoms. The molecule has 2 aromatic rings. The zero-order chi connectivity index (χ0) is 20.6. The normalized spacial score (nSPS) is 11.8. The van der Waals surface area contributed by atoms with Crippen LogP contribution in [0.25, 0.3) is 11.0 Å². The summed E-state index contributed by atoms with van der Waals surface area (Å²) >= 11 is 0. The number of allylic oxidation sites excluding steroid dienone is 4. The molecule has 0 saturated carbocycles. The quantitative estimate of drug-likeness (QED) is 0.259. The number of aromatic nitrogens is 3. The van der Waals surface area contributed by atoms with Crippen molar-refractivity contribution in [3.63, 3.8) is 0 Å². The third-order valence-electron chi connectivity index (χ3n) is 4.96. The van der Waals surface area contributed by atoms with Crippen LogP contribution in [0.5, 0.6) is 0 Å². The van der Waals surface area contributed by atoms with Gasteiger partial charge >= 0.3 is 0 Å². The maximum atomic E-state index is 12.1. The van der Waals surface area contributed by atoms with E-state index in [1.807, 2.05) is 18.2 Å². The fraction of sp³-hybridized carbons (Fsp3) is 0.542. The zero-order valence-corrected chi connectivity index (χ0v) is 17.8. The molecule has 1 aromatic heterocycles. The van der Waals surface area contributed by atoms with Gasteiger partial charge in [0.15, 0.2) is 0 Å². The van der Waals surface area contributed by atoms with Crippen molar-refractivity contribution in [1.82, 2.24) is 15.4 Å². The minimum Gasteiger partial charge on any atom is -0.326 e. The van der Waals surface area contributed by atoms with Gasteiger partial charge in [0, 0.05) is 12.1 Å². The summed E-state index contributed by atoms with van der Waals surface area (Å²) in [5, 5.41) is 13.5. The second kappa shape index (κ2) is 14.6. The van der Waals surface area contributed by atoms with Gasteiger partial charge < -0.3 is 5.32 Å². The summed E-state index contributed by atoms with van der Waals surface area (Å²) in [6, 6.07) is 5.59. The van der Waals surface area contributed by atoms with E-state index in [0.29, 0.717) is 6.42 Å². The molecule has 0 aliphatic carbocycles. The van der Waals surface area contributed by atoms with Crippen LogP contribution < -0.4 is 5.32 Å². The van der Waals surface area contributed by atoms with Crippen LogP contribution in [0.4, 0.5) is 5.69 Å². The smallest absolute Gasteiger partial charge is 0.224 e. The molecule has 5 heteroatoms. The lowest BCUT2D eigenvalue weighted by Gasteiger charge is -2.05. The van der Waals surface area contributed by atoms with Crippen molar-refractivity contribution >= 4 is 22.6 Å². The molecule has 1 amide bonds. The van der Waals surface area contributed by atoms with Crippen molar-refractivity contribution in [1.29, 1.82) is 0 Å². The van der Waals surface area contributed by atoms with Crippen molar-refractivity contribution in [2.45, 2.75) is 84.0 Å². The Morgan fingerprint density at radius 3 is 2.48 bits per heavy atom. The Bertz CT molecular complexity index is 763. The Hall–Kier alpha value is -2.43. The summed E-state index contributed by atoms with van der Waals surface area (Å²) in [6.07, 6.45) is 22.8. The highest BCUT2D eigenvalue weighted by molar-refractivity contribution is 5.92. The number of aromatic amines is 1. The number of hydrogen-bond acceptors (Lipinski definition) is 3. The standard InChI is InChI=1S/C24H36N4O/c1-2-3-4-5-6-7-8-9-10-11-12-13-14-15-16-17-24(29)25-21-18-19-22-23(20-21)27-28-26-22/h6-7,9-10,18-20H,2-5,8,11-17H2,1H3,(H,25,29)(H,26,27,28). The van der Waals surface area contributed by atoms with E-state index >= 15 is 0 Å². The molecule has 0 fully saturated rings. The third-order valence-corrected chi connectivity index (χ3v) is 4.96. The number of unbranched alkanes of at least 4 members (excludes halogenated alkanes) is 8. The number of carbonyl (C=O) groups is 1. The highest BCUT2D eigenvalue weighted by atomic mass is 16.1. The zero-order valence-electron chi connectivity index (χ0n) is 17.8. The molecular formula is C24H36N4O. The second-order valence-corrected chi connectivity index (χ2v) is 7.57. The fourth-order valence-corrected chi connectivity index (χ4v) is 3.24. The van der Waals surface area contributed by atoms with Crippen LogP contribution in [0.1, 0.15) is 84.0 Å². The Kier molecular flexibility index (Phi) is 11.5. The van der Waals surface area contributed by atoms with Crippen LogP contribution in [0, 0.1) is 0 Å². The number of carbonyl (C=O) groups excluding carboxylic acids is 1. The van der Waals surface area contributed by atoms with Gasteiger partial charge in [0.1, 0.15) is 5.52 Å². The van der Waals surface area contributed by atoms with E-state index < -0.39 is 0 Å². The van der Waals surface area contributed by atoms with Crippen LogP contribution in [0.3, 0.4) is 0 Å². The molecule has 0 aliphatic rings. The third kappa shape index (κ3) is 10.1. The van der Waals surface area contributed by atoms with Gasteiger partial charge in [-0.1, -0.05) is 68.5 Å². The van der Waals surface area contributed by atoms with E-state index in [-0.39, 0.29) is 5.91 Å². The summed E-state index contributed by atoms with van der Waals surface area (Å²) in [5.74, 6) is 0.0681. The molecule has 0 atom stereocenters. The molecule has 0 unspecified atom stereocenters. The number of fused-ring (bicyclic) bond motifs is 1. The van der Waals surface area contributed by atoms with Gasteiger partial charge in [-0.2, -0.15) is 0 Å². The second-order valence-electron chi connectivity index (χ2n) is 7.57. The lowest BCUT2D eigenvalue weighted by Crippen LogP contribution is -2.10. The van der Waals surface area contributed by atoms with Gasteiger partial charge in [0.05, 0.1) is 5.52 Å². The minimum atomic E-state index is 0.0681. The van der Waals surface area contributed by atoms with Gasteiger partial charge in [-0.05, 0) is 56.7 Å². The molecule has 158 valence electrons. The molecule has 1 heterocycles. The molecule has 0 saturated heterocycles. The predicted octanol–water partition coefficient (Wildman–Crippen LogP) is 6.71. The average Bonchev–Trinajstić information content (AvgIpc) is 3.19. The first kappa shape index (κ1) is 22.9. The first-order valence-corrected chi connectivity index (χ1v) is 11.2. The topological polar surface area (TPSA) is 70.7 Å². The summed E-state index contributed by atoms with van der Waals surface area (Å²) < 4.78 is 0. The fourth-order valence-electron chi connectivity index (χ4n) is 3.24. The first-order chi connectivity index (χ1) is 14.3. The summed E-state index contributed by atoms with van der Waals surface area (Å²) in [4.78, 5) is 12.1. The number of hydrogen-bond donors (Lipinski definition) is 2. The molecule has 1 aromatic carbocycles. The van der Waals surface area contributed by atoms with Crippen molar-refractivity contribution in [2.75, 3.05) is 5.32 Å². The van der Waals surface area contributed by atoms with Crippen LogP contribution in [-0.2, 0) is 4.79 Å². The van der Waals surface area contributed by atoms with Gasteiger partial charge in [0.25, 0.3) is 0 Å². The van der Waals surface area contributed by atoms with Crippen molar-refractivity contribution < 1.29 is 4.79 Å². The summed E-state index contributed by atoms with van der Waals surface area (Å²) in [5.41, 5.74) is 2.41. The van der Waals surface area contributed by atoms with Crippen LogP contribution in [-0.4, -0.2) is 21.3 Å². The number of rotatable bonds is 15. The first-order valence-electron chi connectivity index (χ1n) is 11.2. The summed E-state index contributed by atoms with van der Waals surface area (Å²) in [7, 11) is 0. The number of benzene rings is 1. The van der Waals surface area contributed by atoms with Gasteiger partial charge in [-0.15, -0.1) is 5.10 Å². The molecule has 5 nitrogen and oxygen atoms in total. The van der Waals surface area contributed by atoms with E-state index in [4.69, 9.17) is 0 Å². The van der Waals surface area contributed by atoms with E-state index in [1.165, 1.54) is 44.9 Å². The Morgan fingerprint density at radius 1 is 0.966 bits per heavy atom. The van der Waals surface area contributed by atoms with Crippen molar-refractivity contribution in [3.05, 3.63) is 42.5 Å². The lowest BCUT2D eigenvalue weighted by molar-refractivity contribution is -0.116. The van der Waals surface area contributed by atoms with Crippen LogP contribution in [0.15, 0.2) is 42.5 Å². The van der Waals surface area contributed by atoms with Crippen molar-refractivity contribution in [2.24, 2.45) is 0 Å². The Balaban J connectivity index is 1.42. The maximum Gasteiger partial charge on any atom is 0.224 e. The Labute approximate surface area is 175 Å². The van der Waals surface area contributed by atoms with E-state index in [1.54, 1.807) is 0 Å². The highest BCUT2D eigenvalue weighted by Crippen LogP contribution is 2.15. The molecule has 2 rings (SSSR count). The maximum absolute atomic E-state index is 12.1. The molecule has 29 heavy (non-hydrogen) atoms. The van der Waals surface area contributed by atoms with Crippen molar-refractivity contribution in [3.8, 4) is 0 Å². The molecule has 2 N–H and O–H groups in total. The molecular weight excluding hydrogens is 360 g/mol. The Morgan fingerprint density at radius 2 is 1.69 bits per heavy atom. The van der Waals surface area contributed by atoms with Crippen LogP contribution >= 0.6 is 0 Å². The lowest BCUT2D eigenvalue weighted by atomic mass is 10.1. The molecule has 0 bridgehead atoms. The SMILES string of the molecule is CCCCCC=CCC=CCCCCCCCC(=O)Nc1ccc2[nH]nnc2c1.